The van der Waals surface area contributed by atoms with Crippen molar-refractivity contribution in [2.24, 2.45) is 5.92 Å². The van der Waals surface area contributed by atoms with Crippen molar-refractivity contribution in [1.82, 2.24) is 0 Å². The molecule has 7 heteroatoms. The topological polar surface area (TPSA) is 92.0 Å². The van der Waals surface area contributed by atoms with Crippen LogP contribution in [0.5, 0.6) is 5.75 Å². The number of carbonyl (C=O) groups excluding carboxylic acids is 2. The Morgan fingerprint density at radius 2 is 1.89 bits per heavy atom. The molecule has 1 aromatic carbocycles. The third kappa shape index (κ3) is 3.61. The summed E-state index contributed by atoms with van der Waals surface area (Å²) in [5.41, 5.74) is -0.861. The van der Waals surface area contributed by atoms with Gasteiger partial charge in [-0.05, 0) is 38.5 Å². The molecule has 150 valence electrons. The second-order valence-corrected chi connectivity index (χ2v) is 7.55. The fraction of sp³-hybridized carbons (Fsp3) is 0.476. The Morgan fingerprint density at radius 3 is 2.54 bits per heavy atom. The van der Waals surface area contributed by atoms with Gasteiger partial charge in [-0.3, -0.25) is 9.59 Å². The van der Waals surface area contributed by atoms with Crippen LogP contribution in [0.2, 0.25) is 0 Å². The van der Waals surface area contributed by atoms with Crippen LogP contribution in [0, 0.1) is 5.92 Å². The Bertz CT molecular complexity index is 972. The minimum Gasteiger partial charge on any atom is -0.481 e. The lowest BCUT2D eigenvalue weighted by molar-refractivity contribution is -0.180. The average Bonchev–Trinajstić information content (AvgIpc) is 2.99. The molecule has 3 atom stereocenters. The molecular weight excluding hydrogens is 364 g/mol. The number of hydrogen-bond acceptors (Lipinski definition) is 7. The SMILES string of the molecule is CC[C@@H](C)C(=O)OC(C)(C)[C@H]1Oc2ccc3ccc(=O)oc3c2[C@H]1OC(C)=O. The first-order valence-corrected chi connectivity index (χ1v) is 9.27. The van der Waals surface area contributed by atoms with Gasteiger partial charge in [-0.15, -0.1) is 0 Å². The summed E-state index contributed by atoms with van der Waals surface area (Å²) in [6, 6.07) is 6.43. The molecule has 1 aromatic heterocycles. The van der Waals surface area contributed by atoms with Crippen molar-refractivity contribution in [3.05, 3.63) is 40.2 Å². The molecule has 0 amide bonds. The monoisotopic (exact) mass is 388 g/mol. The Morgan fingerprint density at radius 1 is 1.21 bits per heavy atom. The van der Waals surface area contributed by atoms with Crippen molar-refractivity contribution in [1.29, 1.82) is 0 Å². The van der Waals surface area contributed by atoms with Gasteiger partial charge in [0, 0.05) is 18.4 Å². The van der Waals surface area contributed by atoms with Crippen LogP contribution in [0.25, 0.3) is 11.0 Å². The molecule has 28 heavy (non-hydrogen) atoms. The molecule has 0 saturated carbocycles. The maximum Gasteiger partial charge on any atom is 0.336 e. The van der Waals surface area contributed by atoms with Gasteiger partial charge in [-0.25, -0.2) is 4.79 Å². The van der Waals surface area contributed by atoms with Gasteiger partial charge in [-0.2, -0.15) is 0 Å². The van der Waals surface area contributed by atoms with Crippen LogP contribution in [0.15, 0.2) is 33.5 Å². The van der Waals surface area contributed by atoms with Gasteiger partial charge >= 0.3 is 17.6 Å². The number of hydrogen-bond donors (Lipinski definition) is 0. The zero-order valence-electron chi connectivity index (χ0n) is 16.6. The minimum atomic E-state index is -1.10. The predicted molar refractivity (Wildman–Crippen MR) is 101 cm³/mol. The lowest BCUT2D eigenvalue weighted by Crippen LogP contribution is -2.47. The van der Waals surface area contributed by atoms with E-state index in [1.807, 2.05) is 6.92 Å². The highest BCUT2D eigenvalue weighted by atomic mass is 16.6. The lowest BCUT2D eigenvalue weighted by Gasteiger charge is -2.34. The molecule has 7 nitrogen and oxygen atoms in total. The van der Waals surface area contributed by atoms with E-state index in [0.29, 0.717) is 28.7 Å². The molecule has 2 heterocycles. The van der Waals surface area contributed by atoms with E-state index in [1.165, 1.54) is 13.0 Å². The highest BCUT2D eigenvalue weighted by molar-refractivity contribution is 5.84. The molecule has 0 bridgehead atoms. The van der Waals surface area contributed by atoms with Crippen LogP contribution >= 0.6 is 0 Å². The van der Waals surface area contributed by atoms with Crippen LogP contribution in [-0.2, 0) is 19.1 Å². The minimum absolute atomic E-state index is 0.269. The van der Waals surface area contributed by atoms with Gasteiger partial charge in [0.25, 0.3) is 0 Å². The Kier molecular flexibility index (Phi) is 5.19. The molecule has 0 saturated heterocycles. The average molecular weight is 388 g/mol. The van der Waals surface area contributed by atoms with Crippen LogP contribution in [-0.4, -0.2) is 23.6 Å². The molecule has 0 aliphatic carbocycles. The molecule has 1 aliphatic heterocycles. The van der Waals surface area contributed by atoms with Crippen molar-refractivity contribution in [3.63, 3.8) is 0 Å². The lowest BCUT2D eigenvalue weighted by atomic mass is 9.92. The van der Waals surface area contributed by atoms with Crippen LogP contribution in [0.3, 0.4) is 0 Å². The summed E-state index contributed by atoms with van der Waals surface area (Å²) < 4.78 is 22.7. The Hall–Kier alpha value is -2.83. The van der Waals surface area contributed by atoms with E-state index in [-0.39, 0.29) is 11.9 Å². The van der Waals surface area contributed by atoms with E-state index < -0.39 is 29.4 Å². The normalized spacial score (nSPS) is 19.6. The fourth-order valence-electron chi connectivity index (χ4n) is 3.25. The Balaban J connectivity index is 2.06. The third-order valence-corrected chi connectivity index (χ3v) is 4.96. The van der Waals surface area contributed by atoms with E-state index in [2.05, 4.69) is 0 Å². The summed E-state index contributed by atoms with van der Waals surface area (Å²) in [5.74, 6) is -0.726. The number of ether oxygens (including phenoxy) is 3. The molecule has 3 rings (SSSR count). The quantitative estimate of drug-likeness (QED) is 0.571. The number of rotatable bonds is 5. The predicted octanol–water partition coefficient (Wildman–Crippen LogP) is 3.53. The van der Waals surface area contributed by atoms with Crippen LogP contribution < -0.4 is 10.4 Å². The second kappa shape index (κ2) is 7.30. The zero-order valence-corrected chi connectivity index (χ0v) is 16.6. The number of esters is 2. The molecule has 0 spiro atoms. The largest absolute Gasteiger partial charge is 0.481 e. The van der Waals surface area contributed by atoms with Crippen LogP contribution in [0.1, 0.15) is 52.7 Å². The zero-order chi connectivity index (χ0) is 20.6. The summed E-state index contributed by atoms with van der Waals surface area (Å²) in [6.45, 7) is 8.39. The van der Waals surface area contributed by atoms with E-state index in [9.17, 15) is 14.4 Å². The summed E-state index contributed by atoms with van der Waals surface area (Å²) in [5, 5.41) is 0.675. The van der Waals surface area contributed by atoms with Gasteiger partial charge in [0.15, 0.2) is 12.2 Å². The van der Waals surface area contributed by atoms with Crippen LogP contribution in [0.4, 0.5) is 0 Å². The maximum absolute atomic E-state index is 12.4. The maximum atomic E-state index is 12.4. The van der Waals surface area contributed by atoms with Crippen molar-refractivity contribution in [3.8, 4) is 5.75 Å². The smallest absolute Gasteiger partial charge is 0.336 e. The molecule has 0 radical (unpaired) electrons. The van der Waals surface area contributed by atoms with Gasteiger partial charge in [0.2, 0.25) is 0 Å². The molecule has 2 aromatic rings. The summed E-state index contributed by atoms with van der Waals surface area (Å²) in [4.78, 5) is 35.9. The number of carbonyl (C=O) groups is 2. The molecule has 0 unspecified atom stereocenters. The summed E-state index contributed by atoms with van der Waals surface area (Å²) in [6.07, 6.45) is -1.04. The van der Waals surface area contributed by atoms with Crippen molar-refractivity contribution in [2.45, 2.75) is 58.8 Å². The van der Waals surface area contributed by atoms with Gasteiger partial charge in [0.05, 0.1) is 11.5 Å². The molecule has 0 N–H and O–H groups in total. The van der Waals surface area contributed by atoms with E-state index in [1.54, 1.807) is 39.0 Å². The highest BCUT2D eigenvalue weighted by Gasteiger charge is 2.50. The molecular formula is C21H24O7. The summed E-state index contributed by atoms with van der Waals surface area (Å²) >= 11 is 0. The molecule has 0 fully saturated rings. The first-order valence-electron chi connectivity index (χ1n) is 9.27. The number of fused-ring (bicyclic) bond motifs is 3. The van der Waals surface area contributed by atoms with E-state index >= 15 is 0 Å². The first kappa shape index (κ1) is 19.9. The van der Waals surface area contributed by atoms with E-state index in [4.69, 9.17) is 18.6 Å². The third-order valence-electron chi connectivity index (χ3n) is 4.96. The Labute approximate surface area is 162 Å². The van der Waals surface area contributed by atoms with Crippen molar-refractivity contribution >= 4 is 22.9 Å². The standard InChI is InChI=1S/C21H24O7/c1-6-11(2)20(24)28-21(4,5)19-18(25-12(3)22)16-14(26-19)9-7-13-8-10-15(23)27-17(13)16/h7-11,18-19H,6H2,1-5H3/t11-,18-,19+/m1/s1. The summed E-state index contributed by atoms with van der Waals surface area (Å²) in [7, 11) is 0. The van der Waals surface area contributed by atoms with Gasteiger partial charge in [-0.1, -0.05) is 13.8 Å². The van der Waals surface area contributed by atoms with Gasteiger partial charge in [0.1, 0.15) is 16.9 Å². The molecule has 1 aliphatic rings. The van der Waals surface area contributed by atoms with Crippen molar-refractivity contribution in [2.75, 3.05) is 0 Å². The van der Waals surface area contributed by atoms with Gasteiger partial charge < -0.3 is 18.6 Å². The van der Waals surface area contributed by atoms with E-state index in [0.717, 1.165) is 0 Å². The first-order chi connectivity index (χ1) is 13.1. The highest BCUT2D eigenvalue weighted by Crippen LogP contribution is 2.47. The second-order valence-electron chi connectivity index (χ2n) is 7.55. The number of benzene rings is 1. The van der Waals surface area contributed by atoms with Crippen molar-refractivity contribution < 1.29 is 28.2 Å². The fourth-order valence-corrected chi connectivity index (χ4v) is 3.25.